The van der Waals surface area contributed by atoms with Crippen LogP contribution in [-0.2, 0) is 0 Å². The number of hydrogen-bond donors (Lipinski definition) is 0. The second-order valence-electron chi connectivity index (χ2n) is 3.77. The predicted octanol–water partition coefficient (Wildman–Crippen LogP) is 6.45. The fourth-order valence-electron chi connectivity index (χ4n) is 1.23. The average Bonchev–Trinajstić information content (AvgIpc) is 2.47. The third-order valence-corrected chi connectivity index (χ3v) is 2.49. The van der Waals surface area contributed by atoms with Gasteiger partial charge < -0.3 is 0 Å². The van der Waals surface area contributed by atoms with Crippen molar-refractivity contribution < 1.29 is 57.1 Å². The quantitative estimate of drug-likeness (QED) is 0.481. The van der Waals surface area contributed by atoms with E-state index in [1.165, 1.54) is 0 Å². The molecule has 0 saturated carbocycles. The minimum Gasteiger partial charge on any atom is -0.255 e. The molecule has 2 unspecified atom stereocenters. The van der Waals surface area contributed by atoms with Gasteiger partial charge in [-0.2, -0.15) is 43.9 Å². The summed E-state index contributed by atoms with van der Waals surface area (Å²) in [5.41, 5.74) is -5.77. The summed E-state index contributed by atoms with van der Waals surface area (Å²) < 4.78 is 157. The minimum atomic E-state index is -6.84. The number of rotatable bonds is 4. The van der Waals surface area contributed by atoms with Crippen molar-refractivity contribution in [3.05, 3.63) is 0 Å². The summed E-state index contributed by atoms with van der Waals surface area (Å²) >= 11 is 0. The molecule has 0 radical (unpaired) electrons. The first-order valence-corrected chi connectivity index (χ1v) is 6.06. The molecule has 0 N–H and O–H groups in total. The van der Waals surface area contributed by atoms with E-state index < -0.39 is 42.5 Å². The largest absolute Gasteiger partial charge is 0.456 e. The van der Waals surface area contributed by atoms with E-state index in [1.807, 2.05) is 13.8 Å². The summed E-state index contributed by atoms with van der Waals surface area (Å²) in [6.45, 7) is 4.08. The SMILES string of the molecule is CC.CCC(F)(C(F)C(F)(F)C(F)(F)F)C(F)(F)C(F)(F)F.CF. The molecule has 0 amide bonds. The molecule has 0 aliphatic rings. The van der Waals surface area contributed by atoms with Gasteiger partial charge in [-0.05, 0) is 6.42 Å². The van der Waals surface area contributed by atoms with E-state index in [0.29, 0.717) is 7.18 Å². The lowest BCUT2D eigenvalue weighted by atomic mass is 9.85. The maximum atomic E-state index is 13.4. The third-order valence-electron chi connectivity index (χ3n) is 2.49. The van der Waals surface area contributed by atoms with E-state index in [-0.39, 0.29) is 6.92 Å². The molecule has 0 aliphatic heterocycles. The smallest absolute Gasteiger partial charge is 0.255 e. The van der Waals surface area contributed by atoms with Crippen LogP contribution in [0.15, 0.2) is 0 Å². The van der Waals surface area contributed by atoms with Crippen molar-refractivity contribution in [3.8, 4) is 0 Å². The summed E-state index contributed by atoms with van der Waals surface area (Å²) in [4.78, 5) is 0. The molecule has 0 fully saturated rings. The molecular formula is C11H15F13. The van der Waals surface area contributed by atoms with Crippen LogP contribution < -0.4 is 0 Å². The van der Waals surface area contributed by atoms with Gasteiger partial charge in [-0.3, -0.25) is 4.39 Å². The first-order chi connectivity index (χ1) is 10.5. The van der Waals surface area contributed by atoms with Crippen LogP contribution in [0, 0.1) is 0 Å². The van der Waals surface area contributed by atoms with Crippen LogP contribution in [-0.4, -0.2) is 43.2 Å². The van der Waals surface area contributed by atoms with Crippen molar-refractivity contribution >= 4 is 0 Å². The molecule has 0 aromatic heterocycles. The van der Waals surface area contributed by atoms with Gasteiger partial charge in [0.05, 0.1) is 7.18 Å². The normalized spacial score (nSPS) is 16.9. The molecule has 13 heteroatoms. The molecule has 0 saturated heterocycles. The van der Waals surface area contributed by atoms with E-state index in [1.54, 1.807) is 0 Å². The minimum absolute atomic E-state index is 0.0820. The van der Waals surface area contributed by atoms with Gasteiger partial charge in [0, 0.05) is 0 Å². The van der Waals surface area contributed by atoms with Crippen LogP contribution in [0.2, 0.25) is 0 Å². The van der Waals surface area contributed by atoms with Gasteiger partial charge in [0.2, 0.25) is 11.8 Å². The van der Waals surface area contributed by atoms with Crippen molar-refractivity contribution in [2.75, 3.05) is 7.18 Å². The van der Waals surface area contributed by atoms with Crippen LogP contribution in [0.1, 0.15) is 27.2 Å². The molecule has 0 bridgehead atoms. The Morgan fingerprint density at radius 2 is 0.958 bits per heavy atom. The van der Waals surface area contributed by atoms with Crippen molar-refractivity contribution in [2.45, 2.75) is 63.2 Å². The Morgan fingerprint density at radius 1 is 0.667 bits per heavy atom. The predicted molar refractivity (Wildman–Crippen MR) is 59.4 cm³/mol. The fourth-order valence-corrected chi connectivity index (χ4v) is 1.23. The molecule has 0 aromatic rings. The van der Waals surface area contributed by atoms with E-state index in [4.69, 9.17) is 0 Å². The van der Waals surface area contributed by atoms with Crippen molar-refractivity contribution in [2.24, 2.45) is 0 Å². The highest BCUT2D eigenvalue weighted by atomic mass is 19.4. The zero-order valence-corrected chi connectivity index (χ0v) is 12.7. The Kier molecular flexibility index (Phi) is 10.4. The second-order valence-corrected chi connectivity index (χ2v) is 3.77. The van der Waals surface area contributed by atoms with Gasteiger partial charge in [0.25, 0.3) is 0 Å². The topological polar surface area (TPSA) is 0 Å². The first kappa shape index (κ1) is 27.9. The third kappa shape index (κ3) is 5.04. The highest BCUT2D eigenvalue weighted by Crippen LogP contribution is 2.54. The molecule has 0 rings (SSSR count). The number of halogens is 13. The Bertz CT molecular complexity index is 343. The lowest BCUT2D eigenvalue weighted by Gasteiger charge is -2.38. The number of hydrogen-bond acceptors (Lipinski definition) is 0. The van der Waals surface area contributed by atoms with Crippen LogP contribution in [0.3, 0.4) is 0 Å². The lowest BCUT2D eigenvalue weighted by molar-refractivity contribution is -0.371. The second kappa shape index (κ2) is 8.97. The molecule has 0 aliphatic carbocycles. The van der Waals surface area contributed by atoms with Gasteiger partial charge in [-0.15, -0.1) is 0 Å². The van der Waals surface area contributed by atoms with Gasteiger partial charge in [-0.25, -0.2) is 8.78 Å². The van der Waals surface area contributed by atoms with Crippen LogP contribution in [0.25, 0.3) is 0 Å². The van der Waals surface area contributed by atoms with E-state index in [0.717, 1.165) is 0 Å². The first-order valence-electron chi connectivity index (χ1n) is 6.06. The van der Waals surface area contributed by atoms with Crippen molar-refractivity contribution in [1.82, 2.24) is 0 Å². The zero-order valence-electron chi connectivity index (χ0n) is 12.7. The van der Waals surface area contributed by atoms with Crippen LogP contribution in [0.5, 0.6) is 0 Å². The maximum absolute atomic E-state index is 13.4. The molecule has 150 valence electrons. The summed E-state index contributed by atoms with van der Waals surface area (Å²) in [5, 5.41) is 0. The van der Waals surface area contributed by atoms with Gasteiger partial charge in [0.15, 0.2) is 0 Å². The van der Waals surface area contributed by atoms with Crippen molar-refractivity contribution in [3.63, 3.8) is 0 Å². The summed E-state index contributed by atoms with van der Waals surface area (Å²) in [6.07, 6.45) is -21.4. The van der Waals surface area contributed by atoms with Crippen LogP contribution in [0.4, 0.5) is 57.1 Å². The Morgan fingerprint density at radius 3 is 1.12 bits per heavy atom. The fraction of sp³-hybridized carbons (Fsp3) is 1.00. The summed E-state index contributed by atoms with van der Waals surface area (Å²) in [7, 11) is 0.500. The Labute approximate surface area is 129 Å². The van der Waals surface area contributed by atoms with Crippen LogP contribution >= 0.6 is 0 Å². The molecule has 0 spiro atoms. The average molecular weight is 394 g/mol. The summed E-state index contributed by atoms with van der Waals surface area (Å²) in [6, 6.07) is 0. The molecule has 2 atom stereocenters. The highest BCUT2D eigenvalue weighted by molar-refractivity contribution is 5.08. The number of alkyl halides is 13. The van der Waals surface area contributed by atoms with Gasteiger partial charge in [0.1, 0.15) is 0 Å². The molecule has 0 nitrogen and oxygen atoms in total. The Balaban J connectivity index is -0.00000102. The molecule has 24 heavy (non-hydrogen) atoms. The van der Waals surface area contributed by atoms with E-state index >= 15 is 0 Å². The lowest BCUT2D eigenvalue weighted by Crippen LogP contribution is -2.65. The monoisotopic (exact) mass is 394 g/mol. The maximum Gasteiger partial charge on any atom is 0.456 e. The standard InChI is InChI=1S/C8H6F12.C2H6.CH3F/c1-2-4(10,6(13,14)8(18,19)20)3(9)5(11,12)7(15,16)17;2*1-2/h3H,2H2,1H3;1-2H3;1H3. The summed E-state index contributed by atoms with van der Waals surface area (Å²) in [5.74, 6) is -13.4. The zero-order chi connectivity index (χ0) is 20.8. The highest BCUT2D eigenvalue weighted by Gasteiger charge is 2.80. The van der Waals surface area contributed by atoms with E-state index in [9.17, 15) is 57.1 Å². The van der Waals surface area contributed by atoms with E-state index in [2.05, 4.69) is 0 Å². The van der Waals surface area contributed by atoms with Gasteiger partial charge in [-0.1, -0.05) is 20.8 Å². The molecule has 0 heterocycles. The molecule has 0 aromatic carbocycles. The van der Waals surface area contributed by atoms with Gasteiger partial charge >= 0.3 is 24.2 Å². The molecular weight excluding hydrogens is 379 g/mol. The Hall–Kier alpha value is -0.910. The van der Waals surface area contributed by atoms with Crippen molar-refractivity contribution in [1.29, 1.82) is 0 Å².